The molecule has 1 aromatic heterocycles. The summed E-state index contributed by atoms with van der Waals surface area (Å²) in [5, 5.41) is 0. The lowest BCUT2D eigenvalue weighted by atomic mass is 9.95. The number of aromatic nitrogens is 2. The summed E-state index contributed by atoms with van der Waals surface area (Å²) < 4.78 is 0. The quantitative estimate of drug-likeness (QED) is 0.880. The van der Waals surface area contributed by atoms with Gasteiger partial charge in [0.05, 0.1) is 0 Å². The van der Waals surface area contributed by atoms with Gasteiger partial charge in [-0.2, -0.15) is 4.98 Å². The number of nitrogens with zero attached hydrogens (tertiary/aromatic N) is 3. The van der Waals surface area contributed by atoms with E-state index < -0.39 is 0 Å². The van der Waals surface area contributed by atoms with Crippen LogP contribution in [0.5, 0.6) is 0 Å². The van der Waals surface area contributed by atoms with Gasteiger partial charge in [-0.3, -0.25) is 0 Å². The molecule has 0 spiro atoms. The monoisotopic (exact) mass is 294 g/mol. The number of terminal acetylenes is 1. The number of nitrogen functional groups attached to an aromatic ring is 1. The molecule has 0 bridgehead atoms. The number of anilines is 2. The highest BCUT2D eigenvalue weighted by molar-refractivity contribution is 5.43. The Kier molecular flexibility index (Phi) is 4.67. The van der Waals surface area contributed by atoms with Gasteiger partial charge < -0.3 is 10.6 Å². The van der Waals surface area contributed by atoms with Crippen molar-refractivity contribution in [2.24, 2.45) is 5.41 Å². The van der Waals surface area contributed by atoms with Crippen LogP contribution in [0.15, 0.2) is 36.5 Å². The summed E-state index contributed by atoms with van der Waals surface area (Å²) in [6.07, 6.45) is 7.09. The Labute approximate surface area is 132 Å². The van der Waals surface area contributed by atoms with Gasteiger partial charge in [-0.1, -0.05) is 38.8 Å². The molecule has 22 heavy (non-hydrogen) atoms. The van der Waals surface area contributed by atoms with Crippen molar-refractivity contribution >= 4 is 11.8 Å². The summed E-state index contributed by atoms with van der Waals surface area (Å²) in [6.45, 7) is 8.21. The molecular weight excluding hydrogens is 272 g/mol. The number of nitrogens with two attached hydrogens (primary N) is 1. The molecule has 0 aliphatic heterocycles. The molecule has 0 fully saturated rings. The molecule has 0 unspecified atom stereocenters. The van der Waals surface area contributed by atoms with E-state index in [1.165, 1.54) is 5.56 Å². The molecule has 0 radical (unpaired) electrons. The second-order valence-electron chi connectivity index (χ2n) is 6.53. The summed E-state index contributed by atoms with van der Waals surface area (Å²) in [7, 11) is 0. The first kappa shape index (κ1) is 15.8. The Bertz CT molecular complexity index is 663. The third kappa shape index (κ3) is 4.49. The molecule has 0 aliphatic carbocycles. The predicted octanol–water partition coefficient (Wildman–Crippen LogP) is 3.09. The first-order chi connectivity index (χ1) is 10.4. The lowest BCUT2D eigenvalue weighted by Crippen LogP contribution is -2.33. The lowest BCUT2D eigenvalue weighted by molar-refractivity contribution is 0.407. The molecule has 4 nitrogen and oxygen atoms in total. The van der Waals surface area contributed by atoms with Crippen LogP contribution in [0.1, 0.15) is 31.9 Å². The van der Waals surface area contributed by atoms with Gasteiger partial charge in [0.15, 0.2) is 0 Å². The van der Waals surface area contributed by atoms with Crippen molar-refractivity contribution in [3.05, 3.63) is 47.7 Å². The number of hydrogen-bond donors (Lipinski definition) is 1. The van der Waals surface area contributed by atoms with Crippen molar-refractivity contribution in [3.63, 3.8) is 0 Å². The Morgan fingerprint density at radius 3 is 2.41 bits per heavy atom. The van der Waals surface area contributed by atoms with Crippen LogP contribution in [-0.4, -0.2) is 16.5 Å². The zero-order chi connectivity index (χ0) is 16.2. The first-order valence-corrected chi connectivity index (χ1v) is 7.26. The van der Waals surface area contributed by atoms with Gasteiger partial charge in [0, 0.05) is 24.8 Å². The lowest BCUT2D eigenvalue weighted by Gasteiger charge is -2.31. The number of rotatable bonds is 4. The smallest absolute Gasteiger partial charge is 0.221 e. The maximum Gasteiger partial charge on any atom is 0.221 e. The minimum Gasteiger partial charge on any atom is -0.368 e. The Hall–Kier alpha value is -2.54. The van der Waals surface area contributed by atoms with Gasteiger partial charge in [0.2, 0.25) is 5.95 Å². The van der Waals surface area contributed by atoms with E-state index in [2.05, 4.69) is 53.7 Å². The van der Waals surface area contributed by atoms with E-state index in [4.69, 9.17) is 12.2 Å². The van der Waals surface area contributed by atoms with Crippen LogP contribution in [-0.2, 0) is 6.54 Å². The second-order valence-corrected chi connectivity index (χ2v) is 6.53. The summed E-state index contributed by atoms with van der Waals surface area (Å²) >= 11 is 0. The fraction of sp³-hybridized carbons (Fsp3) is 0.333. The molecule has 2 N–H and O–H groups in total. The molecular formula is C18H22N4. The standard InChI is InChI=1S/C18H22N4/c1-5-14-6-8-15(9-7-14)12-22(13-18(2,3)4)16-10-11-20-17(19)21-16/h1,6-11H,12-13H2,2-4H3,(H2,19,20,21). The van der Waals surface area contributed by atoms with E-state index in [1.807, 2.05) is 18.2 Å². The van der Waals surface area contributed by atoms with Crippen LogP contribution in [0.4, 0.5) is 11.8 Å². The Morgan fingerprint density at radius 2 is 1.86 bits per heavy atom. The van der Waals surface area contributed by atoms with E-state index in [0.29, 0.717) is 5.95 Å². The van der Waals surface area contributed by atoms with E-state index in [1.54, 1.807) is 6.20 Å². The molecule has 0 aliphatic rings. The van der Waals surface area contributed by atoms with E-state index in [-0.39, 0.29) is 5.41 Å². The van der Waals surface area contributed by atoms with Crippen LogP contribution in [0.25, 0.3) is 0 Å². The van der Waals surface area contributed by atoms with Gasteiger partial charge in [-0.15, -0.1) is 6.42 Å². The summed E-state index contributed by atoms with van der Waals surface area (Å²) in [4.78, 5) is 10.5. The van der Waals surface area contributed by atoms with Gasteiger partial charge in [-0.05, 0) is 29.2 Å². The molecule has 0 saturated carbocycles. The van der Waals surface area contributed by atoms with Gasteiger partial charge in [0.25, 0.3) is 0 Å². The van der Waals surface area contributed by atoms with Crippen LogP contribution >= 0.6 is 0 Å². The predicted molar refractivity (Wildman–Crippen MR) is 91.3 cm³/mol. The van der Waals surface area contributed by atoms with Crippen molar-refractivity contribution in [2.45, 2.75) is 27.3 Å². The molecule has 1 aromatic carbocycles. The van der Waals surface area contributed by atoms with Crippen molar-refractivity contribution < 1.29 is 0 Å². The van der Waals surface area contributed by atoms with E-state index >= 15 is 0 Å². The molecule has 114 valence electrons. The van der Waals surface area contributed by atoms with Gasteiger partial charge >= 0.3 is 0 Å². The first-order valence-electron chi connectivity index (χ1n) is 7.26. The highest BCUT2D eigenvalue weighted by Gasteiger charge is 2.18. The second kappa shape index (κ2) is 6.48. The van der Waals surface area contributed by atoms with Crippen LogP contribution in [0.2, 0.25) is 0 Å². The molecule has 2 aromatic rings. The van der Waals surface area contributed by atoms with Gasteiger partial charge in [-0.25, -0.2) is 4.98 Å². The Balaban J connectivity index is 2.26. The summed E-state index contributed by atoms with van der Waals surface area (Å²) in [5.41, 5.74) is 7.93. The fourth-order valence-electron chi connectivity index (χ4n) is 2.26. The highest BCUT2D eigenvalue weighted by Crippen LogP contribution is 2.22. The molecule has 1 heterocycles. The third-order valence-corrected chi connectivity index (χ3v) is 3.14. The molecule has 0 atom stereocenters. The number of hydrogen-bond acceptors (Lipinski definition) is 4. The molecule has 2 rings (SSSR count). The van der Waals surface area contributed by atoms with Crippen molar-refractivity contribution in [1.29, 1.82) is 0 Å². The molecule has 4 heteroatoms. The topological polar surface area (TPSA) is 55.0 Å². The molecule has 0 amide bonds. The normalized spacial score (nSPS) is 11.0. The fourth-order valence-corrected chi connectivity index (χ4v) is 2.26. The van der Waals surface area contributed by atoms with E-state index in [9.17, 15) is 0 Å². The van der Waals surface area contributed by atoms with Crippen LogP contribution in [0.3, 0.4) is 0 Å². The van der Waals surface area contributed by atoms with Crippen molar-refractivity contribution in [1.82, 2.24) is 9.97 Å². The number of benzene rings is 1. The summed E-state index contributed by atoms with van der Waals surface area (Å²) in [6, 6.07) is 9.90. The van der Waals surface area contributed by atoms with Crippen molar-refractivity contribution in [2.75, 3.05) is 17.2 Å². The largest absolute Gasteiger partial charge is 0.368 e. The minimum absolute atomic E-state index is 0.137. The Morgan fingerprint density at radius 1 is 1.18 bits per heavy atom. The van der Waals surface area contributed by atoms with E-state index in [0.717, 1.165) is 24.5 Å². The maximum atomic E-state index is 5.72. The molecule has 0 saturated heterocycles. The minimum atomic E-state index is 0.137. The van der Waals surface area contributed by atoms with Crippen molar-refractivity contribution in [3.8, 4) is 12.3 Å². The zero-order valence-electron chi connectivity index (χ0n) is 13.4. The zero-order valence-corrected chi connectivity index (χ0v) is 13.4. The van der Waals surface area contributed by atoms with Crippen LogP contribution < -0.4 is 10.6 Å². The average Bonchev–Trinajstić information content (AvgIpc) is 2.46. The van der Waals surface area contributed by atoms with Crippen LogP contribution in [0, 0.1) is 17.8 Å². The SMILES string of the molecule is C#Cc1ccc(CN(CC(C)(C)C)c2ccnc(N)n2)cc1. The third-order valence-electron chi connectivity index (χ3n) is 3.14. The maximum absolute atomic E-state index is 5.72. The van der Waals surface area contributed by atoms with Gasteiger partial charge in [0.1, 0.15) is 5.82 Å². The summed E-state index contributed by atoms with van der Waals surface area (Å²) in [5.74, 6) is 3.76. The highest BCUT2D eigenvalue weighted by atomic mass is 15.2. The average molecular weight is 294 g/mol.